The van der Waals surface area contributed by atoms with Crippen molar-refractivity contribution < 1.29 is 9.66 Å². The Balaban J connectivity index is 2.10. The normalized spacial score (nSPS) is 23.0. The molecule has 2 unspecified atom stereocenters. The van der Waals surface area contributed by atoms with Gasteiger partial charge in [-0.2, -0.15) is 0 Å². The number of nitrogens with zero attached hydrogens (tertiary/aromatic N) is 2. The van der Waals surface area contributed by atoms with Crippen LogP contribution in [0.1, 0.15) is 25.0 Å². The number of anilines is 1. The molecule has 1 fully saturated rings. The first kappa shape index (κ1) is 12.8. The third kappa shape index (κ3) is 2.59. The molecule has 18 heavy (non-hydrogen) atoms. The molecular formula is C12H17N3O3. The van der Waals surface area contributed by atoms with Crippen LogP contribution in [0.15, 0.2) is 12.1 Å². The Hall–Kier alpha value is -1.69. The van der Waals surface area contributed by atoms with Gasteiger partial charge >= 0.3 is 0 Å². The van der Waals surface area contributed by atoms with Crippen molar-refractivity contribution in [2.75, 3.05) is 12.4 Å². The summed E-state index contributed by atoms with van der Waals surface area (Å²) in [5.41, 5.74) is 0.479. The number of aryl methyl sites for hydroxylation is 1. The van der Waals surface area contributed by atoms with Crippen LogP contribution in [0.2, 0.25) is 0 Å². The lowest BCUT2D eigenvalue weighted by Gasteiger charge is -2.20. The molecule has 1 aliphatic rings. The molecule has 6 nitrogen and oxygen atoms in total. The Labute approximate surface area is 106 Å². The number of nitro groups is 1. The van der Waals surface area contributed by atoms with E-state index in [2.05, 4.69) is 10.3 Å². The molecule has 0 radical (unpaired) electrons. The Bertz CT molecular complexity index is 450. The monoisotopic (exact) mass is 251 g/mol. The van der Waals surface area contributed by atoms with Crippen molar-refractivity contribution in [2.24, 2.45) is 0 Å². The fourth-order valence-corrected chi connectivity index (χ4v) is 2.39. The number of aromatic nitrogens is 1. The Morgan fingerprint density at radius 1 is 1.50 bits per heavy atom. The van der Waals surface area contributed by atoms with Crippen LogP contribution in [-0.2, 0) is 4.74 Å². The van der Waals surface area contributed by atoms with E-state index in [-0.39, 0.29) is 17.8 Å². The van der Waals surface area contributed by atoms with Gasteiger partial charge < -0.3 is 10.1 Å². The molecule has 1 aromatic rings. The number of hydrogen-bond acceptors (Lipinski definition) is 5. The van der Waals surface area contributed by atoms with Crippen molar-refractivity contribution in [3.8, 4) is 0 Å². The standard InChI is InChI=1S/C12H17N3O3/c1-8-10(15(16)17)6-7-12(13-8)14-9-4-3-5-11(9)18-2/h6-7,9,11H,3-5H2,1-2H3,(H,13,14). The average Bonchev–Trinajstić information content (AvgIpc) is 2.76. The number of methoxy groups -OCH3 is 1. The Morgan fingerprint density at radius 2 is 2.28 bits per heavy atom. The molecule has 1 heterocycles. The molecule has 1 aliphatic carbocycles. The quantitative estimate of drug-likeness (QED) is 0.656. The third-order valence-electron chi connectivity index (χ3n) is 3.34. The molecule has 0 aliphatic heterocycles. The van der Waals surface area contributed by atoms with Crippen molar-refractivity contribution in [3.05, 3.63) is 27.9 Å². The summed E-state index contributed by atoms with van der Waals surface area (Å²) in [5.74, 6) is 0.673. The second-order valence-corrected chi connectivity index (χ2v) is 4.51. The maximum absolute atomic E-state index is 10.7. The summed E-state index contributed by atoms with van der Waals surface area (Å²) in [7, 11) is 1.71. The van der Waals surface area contributed by atoms with Gasteiger partial charge in [0.15, 0.2) is 0 Å². The average molecular weight is 251 g/mol. The highest BCUT2D eigenvalue weighted by atomic mass is 16.6. The van der Waals surface area contributed by atoms with Gasteiger partial charge in [-0.15, -0.1) is 0 Å². The van der Waals surface area contributed by atoms with Crippen molar-refractivity contribution in [1.82, 2.24) is 4.98 Å². The number of nitrogens with one attached hydrogen (secondary N) is 1. The first-order chi connectivity index (χ1) is 8.61. The Kier molecular flexibility index (Phi) is 3.76. The van der Waals surface area contributed by atoms with E-state index < -0.39 is 4.92 Å². The van der Waals surface area contributed by atoms with E-state index in [0.29, 0.717) is 11.5 Å². The first-order valence-electron chi connectivity index (χ1n) is 6.03. The van der Waals surface area contributed by atoms with E-state index in [9.17, 15) is 10.1 Å². The van der Waals surface area contributed by atoms with Crippen LogP contribution in [0.25, 0.3) is 0 Å². The van der Waals surface area contributed by atoms with Gasteiger partial charge in [0.05, 0.1) is 17.1 Å². The minimum absolute atomic E-state index is 0.0512. The number of hydrogen-bond donors (Lipinski definition) is 1. The van der Waals surface area contributed by atoms with Gasteiger partial charge in [-0.3, -0.25) is 10.1 Å². The van der Waals surface area contributed by atoms with Gasteiger partial charge in [0.25, 0.3) is 5.69 Å². The zero-order chi connectivity index (χ0) is 13.1. The highest BCUT2D eigenvalue weighted by molar-refractivity contribution is 5.45. The van der Waals surface area contributed by atoms with Gasteiger partial charge in [-0.25, -0.2) is 4.98 Å². The number of rotatable bonds is 4. The van der Waals surface area contributed by atoms with Crippen LogP contribution in [0, 0.1) is 17.0 Å². The summed E-state index contributed by atoms with van der Waals surface area (Å²) in [6.07, 6.45) is 3.40. The molecular weight excluding hydrogens is 234 g/mol. The molecule has 1 aromatic heterocycles. The minimum Gasteiger partial charge on any atom is -0.379 e. The fourth-order valence-electron chi connectivity index (χ4n) is 2.39. The second-order valence-electron chi connectivity index (χ2n) is 4.51. The zero-order valence-corrected chi connectivity index (χ0v) is 10.5. The van der Waals surface area contributed by atoms with Gasteiger partial charge in [-0.05, 0) is 32.3 Å². The molecule has 0 aromatic carbocycles. The number of ether oxygens (including phenoxy) is 1. The molecule has 98 valence electrons. The highest BCUT2D eigenvalue weighted by Crippen LogP contribution is 2.25. The minimum atomic E-state index is -0.417. The van der Waals surface area contributed by atoms with Crippen LogP contribution in [0.3, 0.4) is 0 Å². The molecule has 1 N–H and O–H groups in total. The summed E-state index contributed by atoms with van der Waals surface area (Å²) >= 11 is 0. The van der Waals surface area contributed by atoms with Gasteiger partial charge in [0.2, 0.25) is 0 Å². The molecule has 0 saturated heterocycles. The largest absolute Gasteiger partial charge is 0.379 e. The van der Waals surface area contributed by atoms with Crippen molar-refractivity contribution in [1.29, 1.82) is 0 Å². The lowest BCUT2D eigenvalue weighted by Crippen LogP contribution is -2.30. The van der Waals surface area contributed by atoms with E-state index in [1.165, 1.54) is 6.07 Å². The molecule has 1 saturated carbocycles. The molecule has 2 rings (SSSR count). The summed E-state index contributed by atoms with van der Waals surface area (Å²) in [4.78, 5) is 14.5. The second kappa shape index (κ2) is 5.30. The molecule has 0 spiro atoms. The molecule has 0 amide bonds. The summed E-state index contributed by atoms with van der Waals surface area (Å²) in [5, 5.41) is 14.0. The predicted molar refractivity (Wildman–Crippen MR) is 67.7 cm³/mol. The summed E-state index contributed by atoms with van der Waals surface area (Å²) in [6.45, 7) is 1.64. The highest BCUT2D eigenvalue weighted by Gasteiger charge is 2.27. The van der Waals surface area contributed by atoms with E-state index in [0.717, 1.165) is 19.3 Å². The van der Waals surface area contributed by atoms with Crippen LogP contribution in [-0.4, -0.2) is 29.2 Å². The van der Waals surface area contributed by atoms with Crippen LogP contribution >= 0.6 is 0 Å². The topological polar surface area (TPSA) is 77.3 Å². The lowest BCUT2D eigenvalue weighted by atomic mass is 10.2. The Morgan fingerprint density at radius 3 is 2.89 bits per heavy atom. The molecule has 2 atom stereocenters. The molecule has 0 bridgehead atoms. The van der Waals surface area contributed by atoms with Crippen molar-refractivity contribution >= 4 is 11.5 Å². The maximum Gasteiger partial charge on any atom is 0.290 e. The summed E-state index contributed by atoms with van der Waals surface area (Å²) in [6, 6.07) is 3.38. The zero-order valence-electron chi connectivity index (χ0n) is 10.5. The van der Waals surface area contributed by atoms with E-state index in [1.807, 2.05) is 0 Å². The molecule has 6 heteroatoms. The first-order valence-corrected chi connectivity index (χ1v) is 6.03. The van der Waals surface area contributed by atoms with E-state index >= 15 is 0 Å². The lowest BCUT2D eigenvalue weighted by molar-refractivity contribution is -0.385. The van der Waals surface area contributed by atoms with Gasteiger partial charge in [-0.1, -0.05) is 0 Å². The van der Waals surface area contributed by atoms with Crippen LogP contribution < -0.4 is 5.32 Å². The SMILES string of the molecule is COC1CCCC1Nc1ccc([N+](=O)[O-])c(C)n1. The van der Waals surface area contributed by atoms with Crippen molar-refractivity contribution in [3.63, 3.8) is 0 Å². The smallest absolute Gasteiger partial charge is 0.290 e. The fraction of sp³-hybridized carbons (Fsp3) is 0.583. The van der Waals surface area contributed by atoms with Crippen molar-refractivity contribution in [2.45, 2.75) is 38.3 Å². The number of pyridine rings is 1. The predicted octanol–water partition coefficient (Wildman–Crippen LogP) is 2.28. The van der Waals surface area contributed by atoms with Crippen LogP contribution in [0.4, 0.5) is 11.5 Å². The maximum atomic E-state index is 10.7. The van der Waals surface area contributed by atoms with Crippen LogP contribution in [0.5, 0.6) is 0 Å². The third-order valence-corrected chi connectivity index (χ3v) is 3.34. The van der Waals surface area contributed by atoms with E-state index in [1.54, 1.807) is 20.1 Å². The summed E-state index contributed by atoms with van der Waals surface area (Å²) < 4.78 is 5.39. The van der Waals surface area contributed by atoms with Gasteiger partial charge in [0.1, 0.15) is 11.5 Å². The van der Waals surface area contributed by atoms with Gasteiger partial charge in [0, 0.05) is 13.2 Å². The van der Waals surface area contributed by atoms with E-state index in [4.69, 9.17) is 4.74 Å².